The first kappa shape index (κ1) is 14.8. The predicted molar refractivity (Wildman–Crippen MR) is 84.4 cm³/mol. The topological polar surface area (TPSA) is 49.2 Å². The molecule has 1 aromatic heterocycles. The Morgan fingerprint density at radius 2 is 2.00 bits per heavy atom. The maximum Gasteiger partial charge on any atom is 0.131 e. The second kappa shape index (κ2) is 6.30. The molecule has 2 heterocycles. The number of aliphatic hydroxyl groups is 1. The molecule has 1 saturated heterocycles. The smallest absolute Gasteiger partial charge is 0.131 e. The summed E-state index contributed by atoms with van der Waals surface area (Å²) in [7, 11) is 0. The molecule has 2 fully saturated rings. The van der Waals surface area contributed by atoms with Crippen molar-refractivity contribution in [2.75, 3.05) is 11.4 Å². The summed E-state index contributed by atoms with van der Waals surface area (Å²) in [6.45, 7) is 5.27. The maximum absolute atomic E-state index is 9.73. The largest absolute Gasteiger partial charge is 0.390 e. The zero-order valence-corrected chi connectivity index (χ0v) is 13.3. The number of aromatic nitrogens is 2. The van der Waals surface area contributed by atoms with Crippen LogP contribution in [0, 0.1) is 5.92 Å². The first-order valence-corrected chi connectivity index (χ1v) is 8.44. The lowest BCUT2D eigenvalue weighted by atomic mass is 9.78. The van der Waals surface area contributed by atoms with Gasteiger partial charge in [-0.05, 0) is 31.6 Å². The van der Waals surface area contributed by atoms with E-state index in [2.05, 4.69) is 28.7 Å². The normalized spacial score (nSPS) is 26.0. The SMILES string of the molecule is CC(C)c1ncc(N2CCC[C@H]3CCCC[C@H]32)c(CO)n1. The van der Waals surface area contributed by atoms with E-state index in [1.807, 2.05) is 6.20 Å². The van der Waals surface area contributed by atoms with Gasteiger partial charge in [0.2, 0.25) is 0 Å². The lowest BCUT2D eigenvalue weighted by molar-refractivity contribution is 0.240. The highest BCUT2D eigenvalue weighted by Crippen LogP contribution is 2.38. The van der Waals surface area contributed by atoms with E-state index in [9.17, 15) is 5.11 Å². The van der Waals surface area contributed by atoms with Crippen LogP contribution in [0.1, 0.15) is 69.8 Å². The quantitative estimate of drug-likeness (QED) is 0.928. The van der Waals surface area contributed by atoms with E-state index >= 15 is 0 Å². The highest BCUT2D eigenvalue weighted by Gasteiger charge is 2.34. The van der Waals surface area contributed by atoms with Crippen LogP contribution in [-0.2, 0) is 6.61 Å². The van der Waals surface area contributed by atoms with Gasteiger partial charge in [-0.3, -0.25) is 0 Å². The molecule has 2 aliphatic rings. The number of aliphatic hydroxyl groups excluding tert-OH is 1. The van der Waals surface area contributed by atoms with Crippen molar-refractivity contribution in [3.05, 3.63) is 17.7 Å². The third-order valence-corrected chi connectivity index (χ3v) is 5.08. The highest BCUT2D eigenvalue weighted by molar-refractivity contribution is 5.50. The van der Waals surface area contributed by atoms with E-state index in [4.69, 9.17) is 0 Å². The monoisotopic (exact) mass is 289 g/mol. The number of rotatable bonds is 3. The number of fused-ring (bicyclic) bond motifs is 1. The van der Waals surface area contributed by atoms with Gasteiger partial charge in [-0.1, -0.05) is 26.7 Å². The molecule has 116 valence electrons. The summed E-state index contributed by atoms with van der Waals surface area (Å²) in [6.07, 6.45) is 9.91. The van der Waals surface area contributed by atoms with Gasteiger partial charge >= 0.3 is 0 Å². The highest BCUT2D eigenvalue weighted by atomic mass is 16.3. The predicted octanol–water partition coefficient (Wildman–Crippen LogP) is 3.25. The van der Waals surface area contributed by atoms with Crippen molar-refractivity contribution >= 4 is 5.69 Å². The number of anilines is 1. The van der Waals surface area contributed by atoms with Crippen molar-refractivity contribution in [1.29, 1.82) is 0 Å². The minimum Gasteiger partial charge on any atom is -0.390 e. The first-order valence-electron chi connectivity index (χ1n) is 8.44. The Balaban J connectivity index is 1.91. The van der Waals surface area contributed by atoms with Crippen LogP contribution in [-0.4, -0.2) is 27.7 Å². The van der Waals surface area contributed by atoms with Crippen molar-refractivity contribution in [3.63, 3.8) is 0 Å². The van der Waals surface area contributed by atoms with Gasteiger partial charge in [-0.25, -0.2) is 9.97 Å². The number of nitrogens with zero attached hydrogens (tertiary/aromatic N) is 3. The van der Waals surface area contributed by atoms with Crippen LogP contribution in [0.4, 0.5) is 5.69 Å². The third-order valence-electron chi connectivity index (χ3n) is 5.08. The first-order chi connectivity index (χ1) is 10.2. The van der Waals surface area contributed by atoms with Crippen LogP contribution in [0.2, 0.25) is 0 Å². The average Bonchev–Trinajstić information content (AvgIpc) is 2.53. The van der Waals surface area contributed by atoms with Crippen molar-refractivity contribution in [2.24, 2.45) is 5.92 Å². The molecule has 3 rings (SSSR count). The standard InChI is InChI=1S/C17H27N3O/c1-12(2)17-18-10-16(14(11-21)19-17)20-9-5-7-13-6-3-4-8-15(13)20/h10,12-13,15,21H,3-9,11H2,1-2H3/t13-,15-/m1/s1. The Kier molecular flexibility index (Phi) is 4.43. The molecular weight excluding hydrogens is 262 g/mol. The van der Waals surface area contributed by atoms with E-state index < -0.39 is 0 Å². The molecule has 0 amide bonds. The number of hydrogen-bond donors (Lipinski definition) is 1. The summed E-state index contributed by atoms with van der Waals surface area (Å²) >= 11 is 0. The second-order valence-corrected chi connectivity index (χ2v) is 6.82. The Hall–Kier alpha value is -1.16. The summed E-state index contributed by atoms with van der Waals surface area (Å²) in [5, 5.41) is 9.73. The fourth-order valence-electron chi connectivity index (χ4n) is 3.98. The fraction of sp³-hybridized carbons (Fsp3) is 0.765. The summed E-state index contributed by atoms with van der Waals surface area (Å²) < 4.78 is 0. The molecule has 2 atom stereocenters. The van der Waals surface area contributed by atoms with Gasteiger partial charge in [-0.2, -0.15) is 0 Å². The van der Waals surface area contributed by atoms with E-state index in [0.717, 1.165) is 29.7 Å². The Labute approximate surface area is 127 Å². The van der Waals surface area contributed by atoms with E-state index in [0.29, 0.717) is 12.0 Å². The summed E-state index contributed by atoms with van der Waals surface area (Å²) in [4.78, 5) is 11.6. The van der Waals surface area contributed by atoms with Gasteiger partial charge in [0.15, 0.2) is 0 Å². The Bertz CT molecular complexity index is 487. The number of hydrogen-bond acceptors (Lipinski definition) is 4. The zero-order chi connectivity index (χ0) is 14.8. The van der Waals surface area contributed by atoms with E-state index in [1.54, 1.807) is 0 Å². The molecule has 1 saturated carbocycles. The molecule has 1 aliphatic heterocycles. The van der Waals surface area contributed by atoms with Crippen LogP contribution in [0.25, 0.3) is 0 Å². The lowest BCUT2D eigenvalue weighted by Crippen LogP contribution is -2.47. The molecule has 4 heteroatoms. The van der Waals surface area contributed by atoms with Gasteiger partial charge in [-0.15, -0.1) is 0 Å². The van der Waals surface area contributed by atoms with Crippen LogP contribution >= 0.6 is 0 Å². The Morgan fingerprint density at radius 3 is 2.76 bits per heavy atom. The molecule has 0 radical (unpaired) electrons. The molecule has 0 spiro atoms. The third kappa shape index (κ3) is 2.91. The molecule has 4 nitrogen and oxygen atoms in total. The van der Waals surface area contributed by atoms with Gasteiger partial charge in [0.1, 0.15) is 5.82 Å². The van der Waals surface area contributed by atoms with Gasteiger partial charge < -0.3 is 10.0 Å². The summed E-state index contributed by atoms with van der Waals surface area (Å²) in [6, 6.07) is 0.631. The maximum atomic E-state index is 9.73. The molecule has 0 aromatic carbocycles. The molecule has 1 aromatic rings. The molecule has 1 aliphatic carbocycles. The van der Waals surface area contributed by atoms with Gasteiger partial charge in [0, 0.05) is 18.5 Å². The fourth-order valence-corrected chi connectivity index (χ4v) is 3.98. The molecule has 0 bridgehead atoms. The Morgan fingerprint density at radius 1 is 1.24 bits per heavy atom. The van der Waals surface area contributed by atoms with Crippen molar-refractivity contribution in [3.8, 4) is 0 Å². The van der Waals surface area contributed by atoms with Crippen LogP contribution in [0.15, 0.2) is 6.20 Å². The minimum absolute atomic E-state index is 0.00542. The van der Waals surface area contributed by atoms with Crippen molar-refractivity contribution < 1.29 is 5.11 Å². The van der Waals surface area contributed by atoms with E-state index in [1.165, 1.54) is 38.5 Å². The second-order valence-electron chi connectivity index (χ2n) is 6.82. The van der Waals surface area contributed by atoms with Crippen molar-refractivity contribution in [2.45, 2.75) is 70.9 Å². The number of piperidine rings is 1. The zero-order valence-electron chi connectivity index (χ0n) is 13.3. The molecule has 0 unspecified atom stereocenters. The van der Waals surface area contributed by atoms with Gasteiger partial charge in [0.25, 0.3) is 0 Å². The van der Waals surface area contributed by atoms with Gasteiger partial charge in [0.05, 0.1) is 24.2 Å². The lowest BCUT2D eigenvalue weighted by Gasteiger charge is -2.45. The minimum atomic E-state index is 0.00542. The molecular formula is C17H27N3O. The average molecular weight is 289 g/mol. The summed E-state index contributed by atoms with van der Waals surface area (Å²) in [5.74, 6) is 1.96. The van der Waals surface area contributed by atoms with Crippen LogP contribution < -0.4 is 4.90 Å². The van der Waals surface area contributed by atoms with E-state index in [-0.39, 0.29) is 6.61 Å². The van der Waals surface area contributed by atoms with Crippen molar-refractivity contribution in [1.82, 2.24) is 9.97 Å². The molecule has 1 N–H and O–H groups in total. The summed E-state index contributed by atoms with van der Waals surface area (Å²) in [5.41, 5.74) is 1.87. The molecule has 21 heavy (non-hydrogen) atoms. The van der Waals surface area contributed by atoms with Crippen LogP contribution in [0.3, 0.4) is 0 Å². The van der Waals surface area contributed by atoms with Crippen LogP contribution in [0.5, 0.6) is 0 Å².